The van der Waals surface area contributed by atoms with Crippen molar-refractivity contribution in [1.29, 1.82) is 0 Å². The number of hydrogen-bond acceptors (Lipinski definition) is 6. The molecule has 0 fully saturated rings. The minimum Gasteiger partial charge on any atom is -0.495 e. The van der Waals surface area contributed by atoms with E-state index in [1.165, 1.54) is 26.2 Å². The van der Waals surface area contributed by atoms with Gasteiger partial charge >= 0.3 is 0 Å². The largest absolute Gasteiger partial charge is 0.495 e. The number of rotatable bonds is 6. The number of fused-ring (bicyclic) bond motifs is 1. The quantitative estimate of drug-likeness (QED) is 0.417. The summed E-state index contributed by atoms with van der Waals surface area (Å²) in [6.07, 6.45) is 0. The van der Waals surface area contributed by atoms with Gasteiger partial charge in [0.15, 0.2) is 0 Å². The lowest BCUT2D eigenvalue weighted by atomic mass is 10.3. The van der Waals surface area contributed by atoms with Crippen LogP contribution in [0.1, 0.15) is 6.92 Å². The summed E-state index contributed by atoms with van der Waals surface area (Å²) in [6, 6.07) is 13.4. The fourth-order valence-corrected chi connectivity index (χ4v) is 4.90. The van der Waals surface area contributed by atoms with Gasteiger partial charge in [0.05, 0.1) is 28.7 Å². The van der Waals surface area contributed by atoms with Gasteiger partial charge in [-0.1, -0.05) is 6.07 Å². The van der Waals surface area contributed by atoms with Crippen molar-refractivity contribution < 1.29 is 17.9 Å². The Morgan fingerprint density at radius 3 is 2.63 bits per heavy atom. The minimum atomic E-state index is -3.98. The predicted molar refractivity (Wildman–Crippen MR) is 118 cm³/mol. The van der Waals surface area contributed by atoms with E-state index in [2.05, 4.69) is 20.0 Å². The summed E-state index contributed by atoms with van der Waals surface area (Å²) in [5.74, 6) is 0.589. The van der Waals surface area contributed by atoms with Crippen LogP contribution >= 0.6 is 11.3 Å². The third-order valence-corrected chi connectivity index (χ3v) is 6.54. The molecule has 2 aromatic heterocycles. The average Bonchev–Trinajstić information content (AvgIpc) is 3.36. The number of amides is 1. The Hall–Kier alpha value is -3.37. The van der Waals surface area contributed by atoms with Gasteiger partial charge in [0.25, 0.3) is 10.0 Å². The lowest BCUT2D eigenvalue weighted by Gasteiger charge is -2.13. The number of carbonyl (C=O) groups excluding carboxylic acids is 1. The fourth-order valence-electron chi connectivity index (χ4n) is 2.98. The molecule has 0 saturated heterocycles. The van der Waals surface area contributed by atoms with E-state index in [9.17, 15) is 13.2 Å². The number of thiophene rings is 1. The molecule has 2 aromatic carbocycles. The van der Waals surface area contributed by atoms with Gasteiger partial charge in [0.2, 0.25) is 5.91 Å². The zero-order chi connectivity index (χ0) is 21.3. The number of nitrogens with one attached hydrogen (secondary N) is 3. The number of hydrogen-bond donors (Lipinski definition) is 3. The number of aromatic amines is 1. The van der Waals surface area contributed by atoms with Gasteiger partial charge in [0.1, 0.15) is 16.5 Å². The fraction of sp³-hybridized carbons (Fsp3) is 0.100. The number of aromatic nitrogens is 2. The minimum absolute atomic E-state index is 0.0831. The summed E-state index contributed by atoms with van der Waals surface area (Å²) in [6.45, 7) is 1.35. The molecule has 154 valence electrons. The second-order valence-electron chi connectivity index (χ2n) is 6.45. The summed E-state index contributed by atoms with van der Waals surface area (Å²) >= 11 is 1.56. The van der Waals surface area contributed by atoms with Crippen LogP contribution in [0.3, 0.4) is 0 Å². The van der Waals surface area contributed by atoms with Crippen molar-refractivity contribution in [1.82, 2.24) is 9.97 Å². The molecule has 0 aliphatic rings. The second kappa shape index (κ2) is 7.81. The molecule has 0 atom stereocenters. The first-order chi connectivity index (χ1) is 14.4. The first kappa shape index (κ1) is 19.9. The maximum Gasteiger partial charge on any atom is 0.265 e. The zero-order valence-corrected chi connectivity index (χ0v) is 17.7. The SMILES string of the molecule is COc1ccc(NC(C)=O)cc1S(=O)(=O)Nc1ccc2nc(-c3cccs3)[nH]c2c1. The highest BCUT2D eigenvalue weighted by Crippen LogP contribution is 2.30. The van der Waals surface area contributed by atoms with Gasteiger partial charge in [-0.2, -0.15) is 0 Å². The Kier molecular flexibility index (Phi) is 5.18. The van der Waals surface area contributed by atoms with E-state index in [1.54, 1.807) is 35.6 Å². The molecule has 0 spiro atoms. The van der Waals surface area contributed by atoms with Crippen LogP contribution in [0.5, 0.6) is 5.75 Å². The van der Waals surface area contributed by atoms with Crippen LogP contribution in [0.15, 0.2) is 58.8 Å². The third-order valence-electron chi connectivity index (χ3n) is 4.26. The smallest absolute Gasteiger partial charge is 0.265 e. The molecule has 0 aliphatic heterocycles. The maximum absolute atomic E-state index is 13.0. The normalized spacial score (nSPS) is 11.4. The van der Waals surface area contributed by atoms with E-state index in [-0.39, 0.29) is 16.6 Å². The average molecular weight is 443 g/mol. The summed E-state index contributed by atoms with van der Waals surface area (Å²) in [4.78, 5) is 20.0. The highest BCUT2D eigenvalue weighted by Gasteiger charge is 2.21. The van der Waals surface area contributed by atoms with Crippen LogP contribution in [-0.2, 0) is 14.8 Å². The molecule has 30 heavy (non-hydrogen) atoms. The van der Waals surface area contributed by atoms with Crippen LogP contribution in [0.4, 0.5) is 11.4 Å². The number of benzene rings is 2. The van der Waals surface area contributed by atoms with Crippen molar-refractivity contribution in [3.05, 3.63) is 53.9 Å². The molecular weight excluding hydrogens is 424 g/mol. The Balaban J connectivity index is 1.67. The molecule has 1 amide bonds. The van der Waals surface area contributed by atoms with Gasteiger partial charge in [0, 0.05) is 12.6 Å². The summed E-state index contributed by atoms with van der Waals surface area (Å²) in [5, 5.41) is 4.54. The molecule has 4 aromatic rings. The monoisotopic (exact) mass is 442 g/mol. The van der Waals surface area contributed by atoms with Crippen LogP contribution in [0, 0.1) is 0 Å². The molecule has 3 N–H and O–H groups in total. The number of ether oxygens (including phenoxy) is 1. The van der Waals surface area contributed by atoms with Crippen molar-refractivity contribution in [2.45, 2.75) is 11.8 Å². The zero-order valence-electron chi connectivity index (χ0n) is 16.1. The van der Waals surface area contributed by atoms with Gasteiger partial charge in [-0.05, 0) is 47.8 Å². The van der Waals surface area contributed by atoms with Gasteiger partial charge in [-0.15, -0.1) is 11.3 Å². The van der Waals surface area contributed by atoms with Gasteiger partial charge in [-0.3, -0.25) is 9.52 Å². The van der Waals surface area contributed by atoms with Crippen molar-refractivity contribution >= 4 is 49.7 Å². The van der Waals surface area contributed by atoms with Crippen LogP contribution in [0.2, 0.25) is 0 Å². The standard InChI is InChI=1S/C20H18N4O4S2/c1-12(25)21-13-6-8-17(28-2)19(11-13)30(26,27)24-14-5-7-15-16(10-14)23-20(22-15)18-4-3-9-29-18/h3-11,24H,1-2H3,(H,21,25)(H,22,23). The maximum atomic E-state index is 13.0. The molecule has 0 saturated carbocycles. The lowest BCUT2D eigenvalue weighted by Crippen LogP contribution is -2.15. The number of nitrogens with zero attached hydrogens (tertiary/aromatic N) is 1. The van der Waals surface area contributed by atoms with E-state index < -0.39 is 10.0 Å². The predicted octanol–water partition coefficient (Wildman–Crippen LogP) is 4.06. The Bertz CT molecular complexity index is 1330. The van der Waals surface area contributed by atoms with E-state index in [0.29, 0.717) is 16.9 Å². The second-order valence-corrected chi connectivity index (χ2v) is 9.05. The van der Waals surface area contributed by atoms with Crippen LogP contribution < -0.4 is 14.8 Å². The molecule has 8 nitrogen and oxygen atoms in total. The highest BCUT2D eigenvalue weighted by atomic mass is 32.2. The van der Waals surface area contributed by atoms with E-state index in [4.69, 9.17) is 4.74 Å². The summed E-state index contributed by atoms with van der Waals surface area (Å²) < 4.78 is 33.8. The van der Waals surface area contributed by atoms with Crippen LogP contribution in [0.25, 0.3) is 21.7 Å². The Labute approximate surface area is 177 Å². The number of imidazole rings is 1. The number of carbonyl (C=O) groups is 1. The third kappa shape index (κ3) is 4.00. The van der Waals surface area contributed by atoms with Gasteiger partial charge in [-0.25, -0.2) is 13.4 Å². The lowest BCUT2D eigenvalue weighted by molar-refractivity contribution is -0.114. The van der Waals surface area contributed by atoms with Gasteiger partial charge < -0.3 is 15.0 Å². The van der Waals surface area contributed by atoms with E-state index in [1.807, 2.05) is 17.5 Å². The first-order valence-corrected chi connectivity index (χ1v) is 11.2. The summed E-state index contributed by atoms with van der Waals surface area (Å²) in [5.41, 5.74) is 2.16. The molecule has 0 unspecified atom stereocenters. The molecule has 10 heteroatoms. The van der Waals surface area contributed by atoms with Crippen LogP contribution in [-0.4, -0.2) is 31.4 Å². The number of H-pyrrole nitrogens is 1. The number of sulfonamides is 1. The Morgan fingerprint density at radius 2 is 1.93 bits per heavy atom. The topological polar surface area (TPSA) is 113 Å². The van der Waals surface area contributed by atoms with Crippen molar-refractivity contribution in [3.63, 3.8) is 0 Å². The molecular formula is C20H18N4O4S2. The highest BCUT2D eigenvalue weighted by molar-refractivity contribution is 7.92. The molecule has 0 aliphatic carbocycles. The first-order valence-electron chi connectivity index (χ1n) is 8.88. The Morgan fingerprint density at radius 1 is 1.13 bits per heavy atom. The molecule has 0 radical (unpaired) electrons. The molecule has 2 heterocycles. The number of anilines is 2. The number of methoxy groups -OCH3 is 1. The molecule has 4 rings (SSSR count). The van der Waals surface area contributed by atoms with E-state index >= 15 is 0 Å². The molecule has 0 bridgehead atoms. The van der Waals surface area contributed by atoms with Crippen molar-refractivity contribution in [3.8, 4) is 16.5 Å². The van der Waals surface area contributed by atoms with Crippen molar-refractivity contribution in [2.75, 3.05) is 17.1 Å². The van der Waals surface area contributed by atoms with E-state index in [0.717, 1.165) is 16.2 Å². The summed E-state index contributed by atoms with van der Waals surface area (Å²) in [7, 11) is -2.59. The van der Waals surface area contributed by atoms with Crippen molar-refractivity contribution in [2.24, 2.45) is 0 Å².